The summed E-state index contributed by atoms with van der Waals surface area (Å²) in [6.45, 7) is 3.13. The highest BCUT2D eigenvalue weighted by atomic mass is 32.2. The quantitative estimate of drug-likeness (QED) is 0.510. The highest BCUT2D eigenvalue weighted by molar-refractivity contribution is 7.99. The van der Waals surface area contributed by atoms with Crippen molar-refractivity contribution in [2.75, 3.05) is 24.2 Å². The van der Waals surface area contributed by atoms with Crippen LogP contribution in [0.15, 0.2) is 64.9 Å². The van der Waals surface area contributed by atoms with Crippen LogP contribution >= 0.6 is 11.8 Å². The van der Waals surface area contributed by atoms with E-state index in [0.29, 0.717) is 23.9 Å². The molecule has 4 rings (SSSR count). The van der Waals surface area contributed by atoms with Crippen LogP contribution in [0.3, 0.4) is 0 Å². The summed E-state index contributed by atoms with van der Waals surface area (Å²) in [4.78, 5) is 12.7. The number of para-hydroxylation sites is 1. The average Bonchev–Trinajstić information content (AvgIpc) is 3.09. The normalized spacial score (nSPS) is 15.2. The molecular weight excluding hydrogens is 458 g/mol. The molecule has 0 radical (unpaired) electrons. The molecule has 2 aromatic carbocycles. The number of amides is 1. The van der Waals surface area contributed by atoms with Gasteiger partial charge in [0.2, 0.25) is 15.9 Å². The summed E-state index contributed by atoms with van der Waals surface area (Å²) in [5.41, 5.74) is 2.60. The minimum atomic E-state index is -3.51. The molecule has 0 aliphatic carbocycles. The van der Waals surface area contributed by atoms with Crippen molar-refractivity contribution in [3.05, 3.63) is 60.4 Å². The Kier molecular flexibility index (Phi) is 7.46. The monoisotopic (exact) mass is 485 g/mol. The third-order valence-electron chi connectivity index (χ3n) is 5.56. The number of nitrogens with zero attached hydrogens (tertiary/aromatic N) is 4. The highest BCUT2D eigenvalue weighted by Gasteiger charge is 2.25. The first kappa shape index (κ1) is 23.5. The summed E-state index contributed by atoms with van der Waals surface area (Å²) in [6, 6.07) is 14.3. The molecule has 0 atom stereocenters. The number of rotatable bonds is 7. The topological polar surface area (TPSA) is 97.2 Å². The van der Waals surface area contributed by atoms with Gasteiger partial charge in [-0.1, -0.05) is 42.8 Å². The van der Waals surface area contributed by atoms with Crippen LogP contribution in [0.2, 0.25) is 0 Å². The number of carbonyl (C=O) groups excluding carboxylic acids is 1. The van der Waals surface area contributed by atoms with Gasteiger partial charge in [0.1, 0.15) is 6.33 Å². The number of hydrogen-bond acceptors (Lipinski definition) is 6. The van der Waals surface area contributed by atoms with Crippen LogP contribution in [0.1, 0.15) is 31.2 Å². The second kappa shape index (κ2) is 10.5. The Hall–Kier alpha value is -2.69. The first-order valence-corrected chi connectivity index (χ1v) is 13.4. The lowest BCUT2D eigenvalue weighted by Gasteiger charge is -2.20. The van der Waals surface area contributed by atoms with Crippen molar-refractivity contribution in [1.29, 1.82) is 0 Å². The minimum Gasteiger partial charge on any atom is -0.325 e. The first-order chi connectivity index (χ1) is 15.9. The fourth-order valence-corrected chi connectivity index (χ4v) is 6.03. The zero-order valence-electron chi connectivity index (χ0n) is 18.5. The molecule has 3 aromatic rings. The zero-order chi connectivity index (χ0) is 23.3. The molecule has 174 valence electrons. The van der Waals surface area contributed by atoms with E-state index in [1.54, 1.807) is 34.9 Å². The SMILES string of the molecule is Cc1ccccc1-n1cnnc1SCC(=O)Nc1ccc(S(=O)(=O)N2CCCCCC2)cc1. The Morgan fingerprint density at radius 2 is 1.73 bits per heavy atom. The molecule has 0 bridgehead atoms. The number of hydrogen-bond donors (Lipinski definition) is 1. The number of thioether (sulfide) groups is 1. The van der Waals surface area contributed by atoms with Gasteiger partial charge in [-0.2, -0.15) is 4.31 Å². The summed E-state index contributed by atoms with van der Waals surface area (Å²) < 4.78 is 29.2. The molecule has 8 nitrogen and oxygen atoms in total. The van der Waals surface area contributed by atoms with Crippen LogP contribution in [0.5, 0.6) is 0 Å². The van der Waals surface area contributed by atoms with Crippen LogP contribution in [-0.2, 0) is 14.8 Å². The maximum atomic E-state index is 12.9. The number of sulfonamides is 1. The van der Waals surface area contributed by atoms with E-state index >= 15 is 0 Å². The van der Waals surface area contributed by atoms with Gasteiger partial charge in [-0.3, -0.25) is 9.36 Å². The minimum absolute atomic E-state index is 0.151. The Labute approximate surface area is 198 Å². The smallest absolute Gasteiger partial charge is 0.243 e. The predicted molar refractivity (Wildman–Crippen MR) is 129 cm³/mol. The highest BCUT2D eigenvalue weighted by Crippen LogP contribution is 2.24. The van der Waals surface area contributed by atoms with Gasteiger partial charge in [-0.25, -0.2) is 8.42 Å². The predicted octanol–water partition coefficient (Wildman–Crippen LogP) is 3.87. The molecule has 1 aromatic heterocycles. The second-order valence-corrected chi connectivity index (χ2v) is 10.8. The van der Waals surface area contributed by atoms with E-state index in [4.69, 9.17) is 0 Å². The number of benzene rings is 2. The zero-order valence-corrected chi connectivity index (χ0v) is 20.1. The van der Waals surface area contributed by atoms with Crippen molar-refractivity contribution < 1.29 is 13.2 Å². The van der Waals surface area contributed by atoms with Crippen LogP contribution in [-0.4, -0.2) is 52.2 Å². The Morgan fingerprint density at radius 3 is 2.42 bits per heavy atom. The summed E-state index contributed by atoms with van der Waals surface area (Å²) >= 11 is 1.29. The first-order valence-electron chi connectivity index (χ1n) is 10.9. The molecule has 1 saturated heterocycles. The molecule has 1 amide bonds. The third-order valence-corrected chi connectivity index (χ3v) is 8.42. The number of anilines is 1. The maximum Gasteiger partial charge on any atom is 0.243 e. The average molecular weight is 486 g/mol. The van der Waals surface area contributed by atoms with Gasteiger partial charge in [0.05, 0.1) is 16.3 Å². The lowest BCUT2D eigenvalue weighted by molar-refractivity contribution is -0.113. The van der Waals surface area contributed by atoms with Crippen LogP contribution in [0.4, 0.5) is 5.69 Å². The molecule has 1 fully saturated rings. The van der Waals surface area contributed by atoms with E-state index < -0.39 is 10.0 Å². The molecule has 33 heavy (non-hydrogen) atoms. The van der Waals surface area contributed by atoms with E-state index in [0.717, 1.165) is 36.9 Å². The van der Waals surface area contributed by atoms with Gasteiger partial charge >= 0.3 is 0 Å². The summed E-state index contributed by atoms with van der Waals surface area (Å²) in [7, 11) is -3.51. The van der Waals surface area contributed by atoms with Crippen molar-refractivity contribution in [3.63, 3.8) is 0 Å². The lowest BCUT2D eigenvalue weighted by Crippen LogP contribution is -2.31. The molecular formula is C23H27N5O3S2. The molecule has 1 aliphatic heterocycles. The Balaban J connectivity index is 1.36. The lowest BCUT2D eigenvalue weighted by atomic mass is 10.2. The van der Waals surface area contributed by atoms with Crippen molar-refractivity contribution in [3.8, 4) is 5.69 Å². The number of carbonyl (C=O) groups is 1. The van der Waals surface area contributed by atoms with E-state index in [2.05, 4.69) is 15.5 Å². The third kappa shape index (κ3) is 5.63. The molecule has 0 spiro atoms. The van der Waals surface area contributed by atoms with Crippen molar-refractivity contribution >= 4 is 33.4 Å². The molecule has 0 unspecified atom stereocenters. The summed E-state index contributed by atoms with van der Waals surface area (Å²) in [5, 5.41) is 11.5. The molecule has 1 aliphatic rings. The van der Waals surface area contributed by atoms with Crippen molar-refractivity contribution in [2.24, 2.45) is 0 Å². The molecule has 2 heterocycles. The second-order valence-electron chi connectivity index (χ2n) is 7.95. The van der Waals surface area contributed by atoms with Gasteiger partial charge in [-0.15, -0.1) is 10.2 Å². The van der Waals surface area contributed by atoms with E-state index in [1.165, 1.54) is 11.8 Å². The molecule has 10 heteroatoms. The van der Waals surface area contributed by atoms with Crippen LogP contribution in [0, 0.1) is 6.92 Å². The fraction of sp³-hybridized carbons (Fsp3) is 0.348. The van der Waals surface area contributed by atoms with E-state index in [-0.39, 0.29) is 16.6 Å². The van der Waals surface area contributed by atoms with Gasteiger partial charge in [-0.05, 0) is 55.7 Å². The Bertz CT molecular complexity index is 1200. The number of nitrogens with one attached hydrogen (secondary N) is 1. The van der Waals surface area contributed by atoms with Gasteiger partial charge in [0.25, 0.3) is 0 Å². The molecule has 1 N–H and O–H groups in total. The molecule has 0 saturated carbocycles. The van der Waals surface area contributed by atoms with Crippen LogP contribution < -0.4 is 5.32 Å². The number of aromatic nitrogens is 3. The maximum absolute atomic E-state index is 12.9. The van der Waals surface area contributed by atoms with E-state index in [1.807, 2.05) is 35.8 Å². The number of aryl methyl sites for hydroxylation is 1. The van der Waals surface area contributed by atoms with E-state index in [9.17, 15) is 13.2 Å². The summed E-state index contributed by atoms with van der Waals surface area (Å²) in [5.74, 6) is -0.0549. The van der Waals surface area contributed by atoms with Crippen molar-refractivity contribution in [1.82, 2.24) is 19.1 Å². The van der Waals surface area contributed by atoms with Crippen molar-refractivity contribution in [2.45, 2.75) is 42.7 Å². The fourth-order valence-electron chi connectivity index (χ4n) is 3.79. The van der Waals surface area contributed by atoms with Gasteiger partial charge in [0.15, 0.2) is 5.16 Å². The van der Waals surface area contributed by atoms with Crippen LogP contribution in [0.25, 0.3) is 5.69 Å². The summed E-state index contributed by atoms with van der Waals surface area (Å²) in [6.07, 6.45) is 5.55. The Morgan fingerprint density at radius 1 is 1.03 bits per heavy atom. The largest absolute Gasteiger partial charge is 0.325 e. The standard InChI is InChI=1S/C23H27N5O3S2/c1-18-8-4-5-9-21(18)28-17-24-26-23(28)32-16-22(29)25-19-10-12-20(13-11-19)33(30,31)27-14-6-2-3-7-15-27/h4-5,8-13,17H,2-3,6-7,14-16H2,1H3,(H,25,29). The van der Waals surface area contributed by atoms with Gasteiger partial charge < -0.3 is 5.32 Å². The van der Waals surface area contributed by atoms with Gasteiger partial charge in [0, 0.05) is 18.8 Å².